The van der Waals surface area contributed by atoms with Gasteiger partial charge in [0.15, 0.2) is 5.58 Å². The SMILES string of the molecule is N#Cc1ccc(COc2cccc([C@@H](CN3CCCC3)NC(=O)C3(c4ccc5oc(=O)[nH]c5c4)CC3)c2)cc1. The molecule has 1 saturated heterocycles. The number of aromatic nitrogens is 1. The van der Waals surface area contributed by atoms with E-state index in [1.807, 2.05) is 48.5 Å². The first-order valence-electron chi connectivity index (χ1n) is 13.4. The molecular weight excluding hydrogens is 492 g/mol. The first kappa shape index (κ1) is 25.0. The zero-order valence-electron chi connectivity index (χ0n) is 21.6. The van der Waals surface area contributed by atoms with E-state index in [9.17, 15) is 9.59 Å². The molecule has 3 aromatic carbocycles. The number of aromatic amines is 1. The van der Waals surface area contributed by atoms with Gasteiger partial charge in [0.25, 0.3) is 0 Å². The summed E-state index contributed by atoms with van der Waals surface area (Å²) in [6, 6.07) is 22.7. The molecular formula is C31H30N4O4. The lowest BCUT2D eigenvalue weighted by Crippen LogP contribution is -2.41. The summed E-state index contributed by atoms with van der Waals surface area (Å²) in [5.74, 6) is 0.234. The van der Waals surface area contributed by atoms with E-state index in [1.54, 1.807) is 18.2 Å². The van der Waals surface area contributed by atoms with Crippen LogP contribution in [0.4, 0.5) is 0 Å². The predicted octanol–water partition coefficient (Wildman–Crippen LogP) is 4.56. The van der Waals surface area contributed by atoms with E-state index in [2.05, 4.69) is 21.3 Å². The van der Waals surface area contributed by atoms with Crippen molar-refractivity contribution in [2.24, 2.45) is 0 Å². The molecule has 1 aliphatic heterocycles. The summed E-state index contributed by atoms with van der Waals surface area (Å²) in [6.45, 7) is 3.17. The normalized spacial score (nSPS) is 17.0. The van der Waals surface area contributed by atoms with Crippen LogP contribution in [-0.2, 0) is 16.8 Å². The molecule has 1 aromatic heterocycles. The minimum Gasteiger partial charge on any atom is -0.489 e. The summed E-state index contributed by atoms with van der Waals surface area (Å²) in [5, 5.41) is 12.4. The Kier molecular flexibility index (Phi) is 6.67. The maximum atomic E-state index is 13.8. The molecule has 198 valence electrons. The summed E-state index contributed by atoms with van der Waals surface area (Å²) >= 11 is 0. The van der Waals surface area contributed by atoms with Gasteiger partial charge in [-0.25, -0.2) is 4.79 Å². The fourth-order valence-corrected chi connectivity index (χ4v) is 5.44. The van der Waals surface area contributed by atoms with Crippen molar-refractivity contribution in [1.82, 2.24) is 15.2 Å². The van der Waals surface area contributed by atoms with Gasteiger partial charge in [0.05, 0.1) is 28.6 Å². The van der Waals surface area contributed by atoms with Crippen LogP contribution < -0.4 is 15.8 Å². The Morgan fingerprint density at radius 2 is 1.90 bits per heavy atom. The zero-order chi connectivity index (χ0) is 26.8. The number of fused-ring (bicyclic) bond motifs is 1. The highest BCUT2D eigenvalue weighted by molar-refractivity contribution is 5.92. The maximum absolute atomic E-state index is 13.8. The molecule has 39 heavy (non-hydrogen) atoms. The van der Waals surface area contributed by atoms with Gasteiger partial charge < -0.3 is 19.4 Å². The number of carbonyl (C=O) groups is 1. The molecule has 6 rings (SSSR count). The summed E-state index contributed by atoms with van der Waals surface area (Å²) in [7, 11) is 0. The molecule has 2 heterocycles. The third-order valence-electron chi connectivity index (χ3n) is 7.85. The third-order valence-corrected chi connectivity index (χ3v) is 7.85. The highest BCUT2D eigenvalue weighted by Gasteiger charge is 2.52. The van der Waals surface area contributed by atoms with Gasteiger partial charge in [0, 0.05) is 6.54 Å². The van der Waals surface area contributed by atoms with Crippen LogP contribution in [0.25, 0.3) is 11.1 Å². The Morgan fingerprint density at radius 3 is 2.64 bits per heavy atom. The highest BCUT2D eigenvalue weighted by Crippen LogP contribution is 2.49. The fourth-order valence-electron chi connectivity index (χ4n) is 5.44. The largest absolute Gasteiger partial charge is 0.489 e. The van der Waals surface area contributed by atoms with Gasteiger partial charge in [-0.3, -0.25) is 9.78 Å². The lowest BCUT2D eigenvalue weighted by atomic mass is 9.93. The zero-order valence-corrected chi connectivity index (χ0v) is 21.6. The molecule has 2 aliphatic rings. The molecule has 2 fully saturated rings. The number of hydrogen-bond donors (Lipinski definition) is 2. The van der Waals surface area contributed by atoms with Crippen molar-refractivity contribution in [1.29, 1.82) is 5.26 Å². The monoisotopic (exact) mass is 522 g/mol. The molecule has 0 unspecified atom stereocenters. The van der Waals surface area contributed by atoms with Crippen LogP contribution in [0.1, 0.15) is 54.0 Å². The van der Waals surface area contributed by atoms with Gasteiger partial charge in [0.1, 0.15) is 12.4 Å². The second-order valence-corrected chi connectivity index (χ2v) is 10.5. The second kappa shape index (κ2) is 10.4. The van der Waals surface area contributed by atoms with Crippen molar-refractivity contribution in [3.05, 3.63) is 99.5 Å². The van der Waals surface area contributed by atoms with E-state index in [-0.39, 0.29) is 11.9 Å². The van der Waals surface area contributed by atoms with Crippen molar-refractivity contribution in [2.45, 2.75) is 43.7 Å². The quantitative estimate of drug-likeness (QED) is 0.333. The number of carbonyl (C=O) groups excluding carboxylic acids is 1. The number of oxazole rings is 1. The molecule has 4 aromatic rings. The van der Waals surface area contributed by atoms with Crippen LogP contribution in [0.5, 0.6) is 5.75 Å². The number of likely N-dealkylation sites (tertiary alicyclic amines) is 1. The standard InChI is InChI=1S/C31H30N4O4/c32-18-21-6-8-22(9-7-21)20-38-25-5-3-4-23(16-25)27(19-35-14-1-2-15-35)33-29(36)31(12-13-31)24-10-11-28-26(17-24)34-30(37)39-28/h3-11,16-17,27H,1-2,12-15,19-20H2,(H,33,36)(H,34,37)/t27-/m1/s1. The second-order valence-electron chi connectivity index (χ2n) is 10.5. The van der Waals surface area contributed by atoms with Gasteiger partial charge >= 0.3 is 5.76 Å². The Balaban J connectivity index is 1.21. The average Bonchev–Trinajstić information content (AvgIpc) is 3.45. The molecule has 1 saturated carbocycles. The minimum atomic E-state index is -0.602. The molecule has 2 N–H and O–H groups in total. The molecule has 0 spiro atoms. The summed E-state index contributed by atoms with van der Waals surface area (Å²) in [4.78, 5) is 30.5. The van der Waals surface area contributed by atoms with Crippen molar-refractivity contribution in [2.75, 3.05) is 19.6 Å². The number of amides is 1. The Hall–Kier alpha value is -4.35. The minimum absolute atomic E-state index is 0.000734. The van der Waals surface area contributed by atoms with Crippen LogP contribution >= 0.6 is 0 Å². The Bertz CT molecular complexity index is 1590. The number of nitriles is 1. The first-order chi connectivity index (χ1) is 19.0. The van der Waals surface area contributed by atoms with Crippen molar-refractivity contribution < 1.29 is 13.9 Å². The number of nitrogens with zero attached hydrogens (tertiary/aromatic N) is 2. The summed E-state index contributed by atoms with van der Waals surface area (Å²) < 4.78 is 11.2. The maximum Gasteiger partial charge on any atom is 0.417 e. The van der Waals surface area contributed by atoms with Crippen molar-refractivity contribution >= 4 is 17.0 Å². The van der Waals surface area contributed by atoms with Gasteiger partial charge in [-0.2, -0.15) is 5.26 Å². The first-order valence-corrected chi connectivity index (χ1v) is 13.4. The Labute approximate surface area is 226 Å². The molecule has 1 atom stereocenters. The van der Waals surface area contributed by atoms with E-state index in [1.165, 1.54) is 12.8 Å². The lowest BCUT2D eigenvalue weighted by molar-refractivity contribution is -0.124. The van der Waals surface area contributed by atoms with Crippen molar-refractivity contribution in [3.8, 4) is 11.8 Å². The lowest BCUT2D eigenvalue weighted by Gasteiger charge is -2.27. The van der Waals surface area contributed by atoms with E-state index < -0.39 is 11.2 Å². The fraction of sp³-hybridized carbons (Fsp3) is 0.323. The topological polar surface area (TPSA) is 111 Å². The molecule has 1 amide bonds. The predicted molar refractivity (Wildman–Crippen MR) is 146 cm³/mol. The number of hydrogen-bond acceptors (Lipinski definition) is 6. The number of rotatable bonds is 9. The Morgan fingerprint density at radius 1 is 1.10 bits per heavy atom. The van der Waals surface area contributed by atoms with Gasteiger partial charge in [-0.05, 0) is 91.9 Å². The highest BCUT2D eigenvalue weighted by atomic mass is 16.5. The van der Waals surface area contributed by atoms with E-state index in [0.29, 0.717) is 23.3 Å². The molecule has 8 nitrogen and oxygen atoms in total. The van der Waals surface area contributed by atoms with Gasteiger partial charge in [-0.15, -0.1) is 0 Å². The van der Waals surface area contributed by atoms with E-state index in [4.69, 9.17) is 14.4 Å². The number of H-pyrrole nitrogens is 1. The number of ether oxygens (including phenoxy) is 1. The number of nitrogens with one attached hydrogen (secondary N) is 2. The van der Waals surface area contributed by atoms with Crippen LogP contribution in [-0.4, -0.2) is 35.4 Å². The van der Waals surface area contributed by atoms with Gasteiger partial charge in [0.2, 0.25) is 5.91 Å². The van der Waals surface area contributed by atoms with Crippen LogP contribution in [0.3, 0.4) is 0 Å². The summed E-state index contributed by atoms with van der Waals surface area (Å²) in [6.07, 6.45) is 3.86. The average molecular weight is 523 g/mol. The van der Waals surface area contributed by atoms with Gasteiger partial charge in [-0.1, -0.05) is 30.3 Å². The van der Waals surface area contributed by atoms with Crippen LogP contribution in [0, 0.1) is 11.3 Å². The van der Waals surface area contributed by atoms with Crippen molar-refractivity contribution in [3.63, 3.8) is 0 Å². The van der Waals surface area contributed by atoms with Crippen LogP contribution in [0.2, 0.25) is 0 Å². The molecule has 1 aliphatic carbocycles. The van der Waals surface area contributed by atoms with Crippen LogP contribution in [0.15, 0.2) is 75.9 Å². The van der Waals surface area contributed by atoms with E-state index in [0.717, 1.165) is 54.9 Å². The molecule has 8 heteroatoms. The van der Waals surface area contributed by atoms with E-state index >= 15 is 0 Å². The molecule has 0 bridgehead atoms. The molecule has 0 radical (unpaired) electrons. The summed E-state index contributed by atoms with van der Waals surface area (Å²) in [5.41, 5.74) is 3.99. The third kappa shape index (κ3) is 5.31. The smallest absolute Gasteiger partial charge is 0.417 e. The number of benzene rings is 3.